The highest BCUT2D eigenvalue weighted by atomic mass is 14.5. The number of hydrogen-bond donors (Lipinski definition) is 0. The molecule has 8 rings (SSSR count). The Balaban J connectivity index is 0.784. The minimum atomic E-state index is 0.788. The molecular weight excluding hydrogens is 553 g/mol. The van der Waals surface area contributed by atoms with E-state index in [-0.39, 0.29) is 0 Å². The third kappa shape index (κ3) is 6.54. The molecule has 0 spiro atoms. The largest absolute Gasteiger partial charge is 0.0885 e. The van der Waals surface area contributed by atoms with Crippen LogP contribution in [0.4, 0.5) is 0 Å². The van der Waals surface area contributed by atoms with Crippen LogP contribution in [0.2, 0.25) is 0 Å². The van der Waals surface area contributed by atoms with Crippen molar-refractivity contribution in [2.75, 3.05) is 0 Å². The van der Waals surface area contributed by atoms with Crippen molar-refractivity contribution in [3.8, 4) is 0 Å². The van der Waals surface area contributed by atoms with Crippen LogP contribution in [0.3, 0.4) is 0 Å². The van der Waals surface area contributed by atoms with Gasteiger partial charge in [0, 0.05) is 0 Å². The van der Waals surface area contributed by atoms with Gasteiger partial charge in [0.1, 0.15) is 0 Å². The maximum Gasteiger partial charge on any atom is -0.0136 e. The Morgan fingerprint density at radius 1 is 0.326 bits per heavy atom. The summed E-state index contributed by atoms with van der Waals surface area (Å²) in [6.07, 6.45) is 63.8. The van der Waals surface area contributed by atoms with Gasteiger partial charge in [-0.05, 0) is 173 Å². The summed E-state index contributed by atoms with van der Waals surface area (Å²) in [7, 11) is 0. The van der Waals surface area contributed by atoms with Gasteiger partial charge in [0.25, 0.3) is 0 Å². The molecular formula is C46H60. The van der Waals surface area contributed by atoms with E-state index >= 15 is 0 Å². The molecule has 0 saturated heterocycles. The monoisotopic (exact) mass is 612 g/mol. The Morgan fingerprint density at radius 3 is 1.07 bits per heavy atom. The maximum atomic E-state index is 2.58. The lowest BCUT2D eigenvalue weighted by atomic mass is 9.79. The van der Waals surface area contributed by atoms with E-state index < -0.39 is 0 Å². The van der Waals surface area contributed by atoms with E-state index in [4.69, 9.17) is 0 Å². The summed E-state index contributed by atoms with van der Waals surface area (Å²) in [6.45, 7) is 0. The fraction of sp³-hybridized carbons (Fsp3) is 0.609. The Bertz CT molecular complexity index is 1210. The molecule has 0 aromatic rings. The molecule has 0 bridgehead atoms. The van der Waals surface area contributed by atoms with E-state index in [1.807, 2.05) is 0 Å². The molecule has 0 radical (unpaired) electrons. The van der Waals surface area contributed by atoms with Crippen molar-refractivity contribution in [3.63, 3.8) is 0 Å². The first-order chi connectivity index (χ1) is 22.8. The quantitative estimate of drug-likeness (QED) is 0.192. The average Bonchev–Trinajstić information content (AvgIpc) is 3.88. The average molecular weight is 613 g/mol. The van der Waals surface area contributed by atoms with E-state index in [1.165, 1.54) is 89.9 Å². The van der Waals surface area contributed by atoms with Gasteiger partial charge in [-0.25, -0.2) is 0 Å². The van der Waals surface area contributed by atoms with Crippen molar-refractivity contribution in [3.05, 3.63) is 109 Å². The van der Waals surface area contributed by atoms with Crippen LogP contribution in [0.25, 0.3) is 0 Å². The molecule has 8 aliphatic rings. The molecule has 14 atom stereocenters. The zero-order valence-electron chi connectivity index (χ0n) is 28.4. The van der Waals surface area contributed by atoms with Crippen molar-refractivity contribution >= 4 is 0 Å². The van der Waals surface area contributed by atoms with Crippen LogP contribution < -0.4 is 0 Å². The van der Waals surface area contributed by atoms with Crippen molar-refractivity contribution in [2.45, 2.75) is 89.9 Å². The van der Waals surface area contributed by atoms with Crippen LogP contribution in [0.15, 0.2) is 109 Å². The van der Waals surface area contributed by atoms with Crippen molar-refractivity contribution in [1.29, 1.82) is 0 Å². The first-order valence-electron chi connectivity index (χ1n) is 19.9. The summed E-state index contributed by atoms with van der Waals surface area (Å²) in [4.78, 5) is 0. The molecule has 0 heterocycles. The minimum Gasteiger partial charge on any atom is -0.0885 e. The predicted octanol–water partition coefficient (Wildman–Crippen LogP) is 12.2. The molecule has 0 aromatic carbocycles. The summed E-state index contributed by atoms with van der Waals surface area (Å²) in [5, 5.41) is 0. The van der Waals surface area contributed by atoms with Gasteiger partial charge in [0.05, 0.1) is 0 Å². The highest BCUT2D eigenvalue weighted by Gasteiger charge is 2.43. The van der Waals surface area contributed by atoms with Gasteiger partial charge in [-0.3, -0.25) is 0 Å². The van der Waals surface area contributed by atoms with Crippen molar-refractivity contribution < 1.29 is 0 Å². The summed E-state index contributed by atoms with van der Waals surface area (Å²) in [6, 6.07) is 0. The van der Waals surface area contributed by atoms with Gasteiger partial charge in [-0.1, -0.05) is 109 Å². The first-order valence-corrected chi connectivity index (χ1v) is 19.9. The fourth-order valence-corrected chi connectivity index (χ4v) is 12.3. The molecule has 244 valence electrons. The van der Waals surface area contributed by atoms with E-state index in [0.29, 0.717) is 0 Å². The van der Waals surface area contributed by atoms with Crippen molar-refractivity contribution in [1.82, 2.24) is 0 Å². The molecule has 8 aliphatic carbocycles. The van der Waals surface area contributed by atoms with Crippen LogP contribution in [-0.4, -0.2) is 0 Å². The van der Waals surface area contributed by atoms with Crippen LogP contribution in [0.1, 0.15) is 89.9 Å². The minimum absolute atomic E-state index is 0.788. The Morgan fingerprint density at radius 2 is 0.652 bits per heavy atom. The molecule has 4 fully saturated rings. The van der Waals surface area contributed by atoms with Gasteiger partial charge >= 0.3 is 0 Å². The number of allylic oxidation sites excluding steroid dienone is 18. The molecule has 46 heavy (non-hydrogen) atoms. The van der Waals surface area contributed by atoms with Gasteiger partial charge in [0.2, 0.25) is 0 Å². The lowest BCUT2D eigenvalue weighted by molar-refractivity contribution is 0.316. The zero-order chi connectivity index (χ0) is 30.7. The number of rotatable bonds is 12. The molecule has 0 heteroatoms. The summed E-state index contributed by atoms with van der Waals surface area (Å²) < 4.78 is 0. The molecule has 4 saturated carbocycles. The van der Waals surface area contributed by atoms with Crippen molar-refractivity contribution in [2.24, 2.45) is 82.9 Å². The summed E-state index contributed by atoms with van der Waals surface area (Å²) in [5.41, 5.74) is 0. The third-order valence-corrected chi connectivity index (χ3v) is 14.6. The Kier molecular flexibility index (Phi) is 9.70. The molecule has 0 aliphatic heterocycles. The topological polar surface area (TPSA) is 0 Å². The molecule has 0 aromatic heterocycles. The molecule has 0 nitrogen and oxygen atoms in total. The van der Waals surface area contributed by atoms with Crippen LogP contribution in [0.5, 0.6) is 0 Å². The van der Waals surface area contributed by atoms with E-state index in [2.05, 4.69) is 109 Å². The van der Waals surface area contributed by atoms with E-state index in [9.17, 15) is 0 Å². The lowest BCUT2D eigenvalue weighted by Crippen LogP contribution is -2.18. The fourth-order valence-electron chi connectivity index (χ4n) is 12.3. The summed E-state index contributed by atoms with van der Waals surface area (Å²) >= 11 is 0. The third-order valence-electron chi connectivity index (χ3n) is 14.6. The SMILES string of the molecule is C1=CC2CCC(CCC3CC(CC/C=C/CCC4CC(CCC5CCC6C=CC=CC65)C5C=CC=CC45)C4C=CC=CC34)C2C=C1. The van der Waals surface area contributed by atoms with E-state index in [0.717, 1.165) is 82.9 Å². The highest BCUT2D eigenvalue weighted by molar-refractivity contribution is 5.22. The second kappa shape index (κ2) is 14.4. The molecule has 0 amide bonds. The first kappa shape index (κ1) is 31.0. The zero-order valence-corrected chi connectivity index (χ0v) is 28.4. The second-order valence-electron chi connectivity index (χ2n) is 16.8. The van der Waals surface area contributed by atoms with Gasteiger partial charge in [0.15, 0.2) is 0 Å². The van der Waals surface area contributed by atoms with Gasteiger partial charge in [-0.15, -0.1) is 0 Å². The molecule has 14 unspecified atom stereocenters. The van der Waals surface area contributed by atoms with Crippen LogP contribution >= 0.6 is 0 Å². The predicted molar refractivity (Wildman–Crippen MR) is 196 cm³/mol. The lowest BCUT2D eigenvalue weighted by Gasteiger charge is -2.26. The normalized spacial score (nSPS) is 44.3. The van der Waals surface area contributed by atoms with Crippen LogP contribution in [-0.2, 0) is 0 Å². The number of hydrogen-bond acceptors (Lipinski definition) is 0. The van der Waals surface area contributed by atoms with Crippen LogP contribution in [0, 0.1) is 82.9 Å². The number of fused-ring (bicyclic) bond motifs is 4. The second-order valence-corrected chi connectivity index (χ2v) is 16.8. The van der Waals surface area contributed by atoms with E-state index in [1.54, 1.807) is 0 Å². The van der Waals surface area contributed by atoms with Gasteiger partial charge < -0.3 is 0 Å². The standard InChI is InChI=1S/C46H60/c1(3-15-37-31-39(45-21-11-9-19-43(37)45)29-27-35-25-23-33-13-5-7-17-41(33)35)2-4-16-38-32-40(46-22-12-10-20-44(38)46)30-28-36-26-24-34-14-6-8-18-42(34)36/h1-2,5-14,17-22,33-46H,3-4,15-16,23-32H2/b2-1+. The highest BCUT2D eigenvalue weighted by Crippen LogP contribution is 2.52. The smallest absolute Gasteiger partial charge is 0.0136 e. The van der Waals surface area contributed by atoms with Gasteiger partial charge in [-0.2, -0.15) is 0 Å². The Labute approximate surface area is 281 Å². The maximum absolute atomic E-state index is 2.58. The summed E-state index contributed by atoms with van der Waals surface area (Å²) in [5.74, 6) is 11.9. The molecule has 0 N–H and O–H groups in total. The Hall–Kier alpha value is -2.34.